The number of benzene rings is 3. The number of nitrogens with one attached hydrogen (secondary N) is 4. The third-order valence-corrected chi connectivity index (χ3v) is 14.3. The fourth-order valence-corrected chi connectivity index (χ4v) is 10.3. The first-order chi connectivity index (χ1) is 37.0. The highest BCUT2D eigenvalue weighted by Gasteiger charge is 2.45. The molecule has 21 heteroatoms. The number of carbonyl (C=O) groups is 5. The fourth-order valence-electron chi connectivity index (χ4n) is 9.47. The molecule has 3 aromatic carbocycles. The van der Waals surface area contributed by atoms with Crippen LogP contribution in [0.2, 0.25) is 0 Å². The molecule has 5 amide bonds. The largest absolute Gasteiger partial charge is 0.457 e. The Kier molecular flexibility index (Phi) is 20.3. The number of hydrogen-bond acceptors (Lipinski definition) is 17. The van der Waals surface area contributed by atoms with Crippen molar-refractivity contribution in [2.24, 2.45) is 4.99 Å². The minimum Gasteiger partial charge on any atom is -0.457 e. The van der Waals surface area contributed by atoms with Crippen LogP contribution in [0.3, 0.4) is 0 Å². The number of rotatable bonds is 29. The van der Waals surface area contributed by atoms with Crippen molar-refractivity contribution in [3.05, 3.63) is 111 Å². The van der Waals surface area contributed by atoms with Gasteiger partial charge >= 0.3 is 0 Å². The molecule has 4 aliphatic rings. The second-order valence-electron chi connectivity index (χ2n) is 19.2. The van der Waals surface area contributed by atoms with Crippen LogP contribution < -0.4 is 26.0 Å². The highest BCUT2D eigenvalue weighted by atomic mass is 32.1. The van der Waals surface area contributed by atoms with Crippen LogP contribution in [0.4, 0.5) is 16.5 Å². The zero-order valence-corrected chi connectivity index (χ0v) is 44.2. The molecule has 404 valence electrons. The Morgan fingerprint density at radius 2 is 1.51 bits per heavy atom. The Labute approximate surface area is 447 Å². The van der Waals surface area contributed by atoms with Gasteiger partial charge in [0, 0.05) is 79.7 Å². The van der Waals surface area contributed by atoms with Crippen LogP contribution in [0.15, 0.2) is 89.8 Å². The first-order valence-electron chi connectivity index (χ1n) is 26.4. The van der Waals surface area contributed by atoms with E-state index in [1.807, 2.05) is 56.3 Å². The highest BCUT2D eigenvalue weighted by molar-refractivity contribution is 7.15. The molecule has 2 atom stereocenters. The number of aryl methyl sites for hydroxylation is 1. The van der Waals surface area contributed by atoms with Gasteiger partial charge in [-0.1, -0.05) is 54.9 Å². The van der Waals surface area contributed by atoms with Gasteiger partial charge in [0.1, 0.15) is 35.4 Å². The van der Waals surface area contributed by atoms with E-state index >= 15 is 0 Å². The van der Waals surface area contributed by atoms with Crippen molar-refractivity contribution in [3.63, 3.8) is 0 Å². The number of nitrogens with zero attached hydrogens (tertiary/aromatic N) is 6. The summed E-state index contributed by atoms with van der Waals surface area (Å²) >= 11 is 1.45. The number of hydrogen-bond donors (Lipinski definition) is 4. The number of para-hydroxylation sites is 1. The summed E-state index contributed by atoms with van der Waals surface area (Å²) in [6, 6.07) is 18.6. The number of aliphatic imine (C=N–C) groups is 1. The van der Waals surface area contributed by atoms with Gasteiger partial charge in [-0.15, -0.1) is 0 Å². The van der Waals surface area contributed by atoms with Crippen molar-refractivity contribution >= 4 is 63.2 Å². The highest BCUT2D eigenvalue weighted by Crippen LogP contribution is 2.33. The van der Waals surface area contributed by atoms with E-state index in [1.165, 1.54) is 17.4 Å². The zero-order chi connectivity index (χ0) is 53.2. The van der Waals surface area contributed by atoms with Crippen molar-refractivity contribution in [3.8, 4) is 11.5 Å². The van der Waals surface area contributed by atoms with Crippen LogP contribution in [0.25, 0.3) is 0 Å². The predicted molar refractivity (Wildman–Crippen MR) is 288 cm³/mol. The Morgan fingerprint density at radius 1 is 0.789 bits per heavy atom. The zero-order valence-electron chi connectivity index (χ0n) is 43.4. The number of thiazole rings is 1. The normalized spacial score (nSPS) is 17.9. The van der Waals surface area contributed by atoms with E-state index in [-0.39, 0.29) is 54.7 Å². The van der Waals surface area contributed by atoms with Gasteiger partial charge in [0.05, 0.1) is 48.1 Å². The van der Waals surface area contributed by atoms with Crippen LogP contribution in [-0.2, 0) is 35.1 Å². The van der Waals surface area contributed by atoms with Gasteiger partial charge in [0.25, 0.3) is 17.5 Å². The summed E-state index contributed by atoms with van der Waals surface area (Å²) < 4.78 is 24.0. The van der Waals surface area contributed by atoms with Crippen molar-refractivity contribution in [2.45, 2.75) is 96.8 Å². The summed E-state index contributed by atoms with van der Waals surface area (Å²) in [5.74, 6) is 0.400. The van der Waals surface area contributed by atoms with Gasteiger partial charge in [-0.05, 0) is 95.0 Å². The summed E-state index contributed by atoms with van der Waals surface area (Å²) in [6.07, 6.45) is 10.7. The minimum absolute atomic E-state index is 0.0291. The summed E-state index contributed by atoms with van der Waals surface area (Å²) in [5.41, 5.74) is 1.82. The van der Waals surface area contributed by atoms with Gasteiger partial charge in [0.2, 0.25) is 24.3 Å². The number of ether oxygens (including phenoxy) is 4. The molecule has 0 spiro atoms. The third kappa shape index (κ3) is 15.7. The maximum atomic E-state index is 13.3. The predicted octanol–water partition coefficient (Wildman–Crippen LogP) is 7.28. The Morgan fingerprint density at radius 3 is 2.25 bits per heavy atom. The number of anilines is 2. The number of aromatic nitrogens is 1. The van der Waals surface area contributed by atoms with Crippen molar-refractivity contribution in [1.82, 2.24) is 30.3 Å². The molecule has 1 aromatic heterocycles. The second-order valence-corrected chi connectivity index (χ2v) is 20.3. The minimum atomic E-state index is -1.07. The van der Waals surface area contributed by atoms with Gasteiger partial charge in [-0.2, -0.15) is 0 Å². The van der Waals surface area contributed by atoms with Crippen molar-refractivity contribution in [2.75, 3.05) is 83.0 Å². The molecule has 20 nitrogen and oxygen atoms in total. The van der Waals surface area contributed by atoms with E-state index < -0.39 is 29.7 Å². The van der Waals surface area contributed by atoms with E-state index in [2.05, 4.69) is 42.1 Å². The average Bonchev–Trinajstić information content (AvgIpc) is 3.95. The number of amidine groups is 1. The summed E-state index contributed by atoms with van der Waals surface area (Å²) in [7, 11) is 0. The smallest absolute Gasteiger partial charge is 0.264 e. The molecule has 4 N–H and O–H groups in total. The number of piperidine rings is 1. The number of amides is 5. The molecule has 76 heavy (non-hydrogen) atoms. The summed E-state index contributed by atoms with van der Waals surface area (Å²) in [6.45, 7) is 12.3. The molecule has 4 aromatic rings. The van der Waals surface area contributed by atoms with E-state index in [0.717, 1.165) is 115 Å². The lowest BCUT2D eigenvalue weighted by atomic mass is 10.0. The van der Waals surface area contributed by atoms with E-state index in [0.29, 0.717) is 56.0 Å². The Bertz CT molecular complexity index is 2740. The van der Waals surface area contributed by atoms with Crippen LogP contribution in [0.1, 0.15) is 102 Å². The quantitative estimate of drug-likeness (QED) is 0.0238. The number of piperazine rings is 1. The number of nitroso groups, excluding NO2 is 1. The molecular formula is C55H69N10O10S+. The van der Waals surface area contributed by atoms with Gasteiger partial charge < -0.3 is 39.8 Å². The van der Waals surface area contributed by atoms with Crippen LogP contribution in [0, 0.1) is 11.8 Å². The monoisotopic (exact) mass is 1060 g/mol. The molecule has 0 aliphatic carbocycles. The van der Waals surface area contributed by atoms with Gasteiger partial charge in [-0.25, -0.2) is 9.98 Å². The molecule has 8 rings (SSSR count). The molecule has 0 saturated carbocycles. The van der Waals surface area contributed by atoms with Crippen LogP contribution >= 0.6 is 11.3 Å². The fraction of sp³-hybridized carbons (Fsp3) is 0.473. The van der Waals surface area contributed by atoms with Crippen LogP contribution in [-0.4, -0.2) is 144 Å². The lowest BCUT2D eigenvalue weighted by molar-refractivity contribution is -0.479. The molecular weight excluding hydrogens is 993 g/mol. The van der Waals surface area contributed by atoms with Crippen molar-refractivity contribution in [1.29, 1.82) is 0 Å². The molecule has 0 bridgehead atoms. The lowest BCUT2D eigenvalue weighted by Gasteiger charge is -2.38. The molecule has 0 radical (unpaired) electrons. The summed E-state index contributed by atoms with van der Waals surface area (Å²) in [5, 5.41) is 12.4. The van der Waals surface area contributed by atoms with E-state index in [1.54, 1.807) is 24.4 Å². The van der Waals surface area contributed by atoms with Gasteiger partial charge in [-0.3, -0.25) is 39.1 Å². The van der Waals surface area contributed by atoms with E-state index in [4.69, 9.17) is 23.9 Å². The topological polar surface area (TPSA) is 225 Å². The van der Waals surface area contributed by atoms with Crippen LogP contribution in [0.5, 0.6) is 11.5 Å². The third-order valence-electron chi connectivity index (χ3n) is 13.4. The van der Waals surface area contributed by atoms with Gasteiger partial charge in [0.15, 0.2) is 5.13 Å². The molecule has 2 unspecified atom stereocenters. The number of unbranched alkanes of at least 4 members (excludes halogenated alkanes) is 5. The second kappa shape index (κ2) is 27.9. The number of imide groups is 2. The maximum Gasteiger partial charge on any atom is 0.264 e. The Hall–Kier alpha value is -6.75. The standard InChI is InChI=1S/C55H68N10O10S/c1-38-34-41(75-40-14-7-5-8-15-40)19-20-45(38)64(71)37-42-36-56-55(76-42)60-47-35-48(58-39(2)57-47)63-26-24-62(25-27-63)23-10-3-4-11-28-72-30-32-74-33-31-73-29-12-6-9-18-49(66)59-44-17-13-16-43-51(44)54(70)65(53(43)69)46-21-22-50(67)61-52(46)68/h5,7-8,13-17,19-20,34-36,46,48H,3-4,6,9-12,18,21-33,37H2,1-2H3,(H3-,56,57,58,59,60,61,66,67,68,70)/p+1. The summed E-state index contributed by atoms with van der Waals surface area (Å²) in [4.78, 5) is 92.4. The molecule has 2 saturated heterocycles. The number of carbonyl (C=O) groups excluding carboxylic acids is 5. The first kappa shape index (κ1) is 55.5. The molecule has 4 aliphatic heterocycles. The lowest BCUT2D eigenvalue weighted by Crippen LogP contribution is -2.54. The number of fused-ring (bicyclic) bond motifs is 1. The Balaban J connectivity index is 0.603. The average molecular weight is 1060 g/mol. The maximum absolute atomic E-state index is 13.3. The van der Waals surface area contributed by atoms with Crippen molar-refractivity contribution < 1.29 is 47.7 Å². The molecule has 5 heterocycles. The first-order valence-corrected chi connectivity index (χ1v) is 27.2. The van der Waals surface area contributed by atoms with E-state index in [9.17, 15) is 28.9 Å². The molecule has 2 fully saturated rings. The SMILES string of the molecule is CC1=NC(N2CCN(CCCCCCOCCOCCOCCCCCC(=O)Nc3cccc4c3C(=O)N(C3CCC(=O)NC3=O)C4=O)CC2)C=C(Nc2ncc(C[N+](=O)c3ccc(Oc4ccccc4)cc3C)s2)N1.